The Kier molecular flexibility index (Phi) is 65.2. The van der Waals surface area contributed by atoms with Crippen LogP contribution in [0.1, 0.15) is 329 Å². The van der Waals surface area contributed by atoms with Crippen LogP contribution in [0.2, 0.25) is 0 Å². The second kappa shape index (κ2) is 68.6. The molecule has 0 aromatic heterocycles. The highest BCUT2D eigenvalue weighted by Crippen LogP contribution is 2.17. The van der Waals surface area contributed by atoms with E-state index in [1.54, 1.807) is 0 Å². The Bertz CT molecular complexity index is 1620. The first kappa shape index (κ1) is 77.1. The summed E-state index contributed by atoms with van der Waals surface area (Å²) in [7, 11) is 0. The third-order valence-corrected chi connectivity index (χ3v) is 14.7. The van der Waals surface area contributed by atoms with E-state index in [0.29, 0.717) is 19.3 Å². The quantitative estimate of drug-likeness (QED) is 0.0261. The van der Waals surface area contributed by atoms with Crippen molar-refractivity contribution in [3.8, 4) is 0 Å². The highest BCUT2D eigenvalue weighted by Gasteiger charge is 2.19. The molecule has 0 amide bonds. The lowest BCUT2D eigenvalue weighted by molar-refractivity contribution is -0.167. The molecule has 0 aliphatic rings. The van der Waals surface area contributed by atoms with Crippen LogP contribution >= 0.6 is 0 Å². The topological polar surface area (TPSA) is 78.9 Å². The Morgan fingerprint density at radius 3 is 0.790 bits per heavy atom. The molecule has 0 saturated heterocycles. The standard InChI is InChI=1S/C75H128O6/c1-4-7-10-13-16-19-22-25-28-30-32-33-34-35-36-37-38-39-40-41-42-43-44-46-47-50-53-56-59-62-65-68-74(77)80-71-72(70-79-73(76)67-64-61-58-55-52-49-27-24-21-18-15-12-9-6-3)81-75(78)69-66-63-60-57-54-51-48-45-31-29-26-23-20-17-14-11-8-5-2/h7,10,15-16,18-20,23-25,27-29,31-33,35-36,72H,4-6,8-9,11-14,17,21-22,26,30,34,37-71H2,1-3H3/b10-7-,18-15-,19-16-,23-20-,27-24-,28-25-,31-29-,33-32-,36-35-. The second-order valence-electron chi connectivity index (χ2n) is 22.7. The van der Waals surface area contributed by atoms with Crippen molar-refractivity contribution in [3.05, 3.63) is 109 Å². The Labute approximate surface area is 501 Å². The zero-order valence-corrected chi connectivity index (χ0v) is 53.3. The fraction of sp³-hybridized carbons (Fsp3) is 0.720. The van der Waals surface area contributed by atoms with Crippen LogP contribution in [0.25, 0.3) is 0 Å². The van der Waals surface area contributed by atoms with Crippen LogP contribution in [-0.4, -0.2) is 37.2 Å². The van der Waals surface area contributed by atoms with Gasteiger partial charge in [-0.1, -0.05) is 297 Å². The van der Waals surface area contributed by atoms with Crippen LogP contribution in [-0.2, 0) is 28.6 Å². The zero-order valence-electron chi connectivity index (χ0n) is 53.3. The van der Waals surface area contributed by atoms with E-state index in [1.165, 1.54) is 161 Å². The largest absolute Gasteiger partial charge is 0.462 e. The Morgan fingerprint density at radius 1 is 0.259 bits per heavy atom. The lowest BCUT2D eigenvalue weighted by atomic mass is 10.0. The van der Waals surface area contributed by atoms with Crippen molar-refractivity contribution in [2.24, 2.45) is 0 Å². The third-order valence-electron chi connectivity index (χ3n) is 14.7. The maximum Gasteiger partial charge on any atom is 0.306 e. The third kappa shape index (κ3) is 66.8. The van der Waals surface area contributed by atoms with Crippen molar-refractivity contribution in [1.29, 1.82) is 0 Å². The van der Waals surface area contributed by atoms with E-state index < -0.39 is 6.10 Å². The number of rotatable bonds is 62. The first-order valence-electron chi connectivity index (χ1n) is 34.4. The van der Waals surface area contributed by atoms with Crippen molar-refractivity contribution < 1.29 is 28.6 Å². The van der Waals surface area contributed by atoms with E-state index >= 15 is 0 Å². The van der Waals surface area contributed by atoms with Gasteiger partial charge in [-0.2, -0.15) is 0 Å². The fourth-order valence-corrected chi connectivity index (χ4v) is 9.58. The minimum atomic E-state index is -0.790. The molecule has 6 nitrogen and oxygen atoms in total. The van der Waals surface area contributed by atoms with E-state index in [9.17, 15) is 14.4 Å². The van der Waals surface area contributed by atoms with Gasteiger partial charge in [-0.25, -0.2) is 0 Å². The molecule has 464 valence electrons. The van der Waals surface area contributed by atoms with Gasteiger partial charge in [0.15, 0.2) is 6.10 Å². The summed E-state index contributed by atoms with van der Waals surface area (Å²) in [5.41, 5.74) is 0. The molecule has 0 N–H and O–H groups in total. The Balaban J connectivity index is 4.25. The fourth-order valence-electron chi connectivity index (χ4n) is 9.58. The number of carbonyl (C=O) groups is 3. The molecule has 0 aromatic rings. The molecule has 0 aromatic carbocycles. The number of hydrogen-bond acceptors (Lipinski definition) is 6. The molecular weight excluding hydrogens is 997 g/mol. The normalized spacial score (nSPS) is 12.8. The summed E-state index contributed by atoms with van der Waals surface area (Å²) < 4.78 is 16.9. The van der Waals surface area contributed by atoms with Gasteiger partial charge in [0, 0.05) is 19.3 Å². The molecule has 6 heteroatoms. The molecule has 0 saturated carbocycles. The molecule has 0 aliphatic heterocycles. The van der Waals surface area contributed by atoms with Crippen molar-refractivity contribution in [3.63, 3.8) is 0 Å². The Morgan fingerprint density at radius 2 is 0.494 bits per heavy atom. The van der Waals surface area contributed by atoms with Crippen LogP contribution in [0.4, 0.5) is 0 Å². The van der Waals surface area contributed by atoms with Gasteiger partial charge >= 0.3 is 17.9 Å². The Hall–Kier alpha value is -3.93. The number of hydrogen-bond donors (Lipinski definition) is 0. The van der Waals surface area contributed by atoms with Gasteiger partial charge in [-0.05, 0) is 122 Å². The van der Waals surface area contributed by atoms with E-state index in [0.717, 1.165) is 128 Å². The maximum absolute atomic E-state index is 12.9. The van der Waals surface area contributed by atoms with Gasteiger partial charge in [-0.3, -0.25) is 14.4 Å². The van der Waals surface area contributed by atoms with Crippen LogP contribution in [0.5, 0.6) is 0 Å². The first-order chi connectivity index (χ1) is 40.0. The lowest BCUT2D eigenvalue weighted by Gasteiger charge is -2.18. The molecule has 0 aliphatic carbocycles. The van der Waals surface area contributed by atoms with Gasteiger partial charge in [0.05, 0.1) is 0 Å². The van der Waals surface area contributed by atoms with Gasteiger partial charge in [0.25, 0.3) is 0 Å². The minimum Gasteiger partial charge on any atom is -0.462 e. The number of carbonyl (C=O) groups excluding carboxylic acids is 3. The summed E-state index contributed by atoms with van der Waals surface area (Å²) in [5, 5.41) is 0. The molecular formula is C75H128O6. The monoisotopic (exact) mass is 1120 g/mol. The SMILES string of the molecule is CC/C=C\C/C=C\C/C=C\C/C=C\C/C=C\CCCCCCCCCCCCCCCCCC(=O)OCC(COC(=O)CCCCCCC/C=C\C/C=C\CCCC)OC(=O)CCCCCCCCC/C=C\C/C=C\CCCCCC. The predicted molar refractivity (Wildman–Crippen MR) is 353 cm³/mol. The molecule has 1 unspecified atom stereocenters. The zero-order chi connectivity index (χ0) is 58.5. The smallest absolute Gasteiger partial charge is 0.306 e. The van der Waals surface area contributed by atoms with Crippen molar-refractivity contribution >= 4 is 17.9 Å². The molecule has 0 fully saturated rings. The number of allylic oxidation sites excluding steroid dienone is 18. The van der Waals surface area contributed by atoms with Gasteiger partial charge in [-0.15, -0.1) is 0 Å². The number of esters is 3. The average Bonchev–Trinajstić information content (AvgIpc) is 3.47. The highest BCUT2D eigenvalue weighted by atomic mass is 16.6. The number of ether oxygens (including phenoxy) is 3. The van der Waals surface area contributed by atoms with E-state index in [4.69, 9.17) is 14.2 Å². The summed E-state index contributed by atoms with van der Waals surface area (Å²) in [4.78, 5) is 38.4. The maximum atomic E-state index is 12.9. The molecule has 0 spiro atoms. The molecule has 0 heterocycles. The average molecular weight is 1130 g/mol. The molecule has 0 rings (SSSR count). The molecule has 81 heavy (non-hydrogen) atoms. The second-order valence-corrected chi connectivity index (χ2v) is 22.7. The summed E-state index contributed by atoms with van der Waals surface area (Å²) in [5.74, 6) is -0.895. The van der Waals surface area contributed by atoms with Crippen LogP contribution in [0.15, 0.2) is 109 Å². The van der Waals surface area contributed by atoms with Crippen LogP contribution < -0.4 is 0 Å². The summed E-state index contributed by atoms with van der Waals surface area (Å²) in [6.07, 6.45) is 93.9. The molecule has 1 atom stereocenters. The van der Waals surface area contributed by atoms with Gasteiger partial charge < -0.3 is 14.2 Å². The van der Waals surface area contributed by atoms with Crippen molar-refractivity contribution in [2.45, 2.75) is 335 Å². The van der Waals surface area contributed by atoms with Crippen LogP contribution in [0.3, 0.4) is 0 Å². The number of unbranched alkanes of at least 4 members (excludes halogenated alkanes) is 33. The first-order valence-corrected chi connectivity index (χ1v) is 34.4. The van der Waals surface area contributed by atoms with Gasteiger partial charge in [0.1, 0.15) is 13.2 Å². The summed E-state index contributed by atoms with van der Waals surface area (Å²) >= 11 is 0. The van der Waals surface area contributed by atoms with E-state index in [-0.39, 0.29) is 31.1 Å². The van der Waals surface area contributed by atoms with E-state index in [1.807, 2.05) is 0 Å². The highest BCUT2D eigenvalue weighted by molar-refractivity contribution is 5.71. The molecule has 0 radical (unpaired) electrons. The minimum absolute atomic E-state index is 0.0844. The summed E-state index contributed by atoms with van der Waals surface area (Å²) in [6, 6.07) is 0. The van der Waals surface area contributed by atoms with Gasteiger partial charge in [0.2, 0.25) is 0 Å². The van der Waals surface area contributed by atoms with Crippen molar-refractivity contribution in [2.75, 3.05) is 13.2 Å². The van der Waals surface area contributed by atoms with Crippen LogP contribution in [0, 0.1) is 0 Å². The van der Waals surface area contributed by atoms with E-state index in [2.05, 4.69) is 130 Å². The predicted octanol–water partition coefficient (Wildman–Crippen LogP) is 23.8. The van der Waals surface area contributed by atoms with Crippen molar-refractivity contribution in [1.82, 2.24) is 0 Å². The molecule has 0 bridgehead atoms. The summed E-state index contributed by atoms with van der Waals surface area (Å²) in [6.45, 7) is 6.48. The lowest BCUT2D eigenvalue weighted by Crippen LogP contribution is -2.30.